The summed E-state index contributed by atoms with van der Waals surface area (Å²) in [4.78, 5) is 24.7. The Labute approximate surface area is 128 Å². The van der Waals surface area contributed by atoms with Crippen molar-refractivity contribution in [2.45, 2.75) is 25.9 Å². The molecule has 2 atom stereocenters. The molecule has 116 valence electrons. The van der Waals surface area contributed by atoms with E-state index in [2.05, 4.69) is 0 Å². The maximum atomic E-state index is 12.4. The third-order valence-electron chi connectivity index (χ3n) is 4.86. The molecule has 0 bridgehead atoms. The number of carbonyl (C=O) groups excluding carboxylic acids is 2. The number of carbonyl (C=O) groups is 2. The van der Waals surface area contributed by atoms with Gasteiger partial charge in [-0.3, -0.25) is 9.59 Å². The van der Waals surface area contributed by atoms with Crippen molar-refractivity contribution in [3.8, 4) is 0 Å². The van der Waals surface area contributed by atoms with Gasteiger partial charge in [0.1, 0.15) is 0 Å². The lowest BCUT2D eigenvalue weighted by atomic mass is 9.61. The average Bonchev–Trinajstić information content (AvgIpc) is 2.51. The molecule has 0 aromatic carbocycles. The minimum atomic E-state index is -0.683. The second kappa shape index (κ2) is 5.04. The van der Waals surface area contributed by atoms with Gasteiger partial charge in [0, 0.05) is 22.6 Å². The molecule has 0 radical (unpaired) electrons. The average molecular weight is 302 g/mol. The number of ether oxygens (including phenoxy) is 1. The van der Waals surface area contributed by atoms with Crippen LogP contribution in [0, 0.1) is 5.41 Å². The van der Waals surface area contributed by atoms with Crippen LogP contribution in [0.5, 0.6) is 0 Å². The van der Waals surface area contributed by atoms with Gasteiger partial charge in [-0.05, 0) is 30.1 Å². The van der Waals surface area contributed by atoms with Crippen LogP contribution in [-0.4, -0.2) is 41.6 Å². The van der Waals surface area contributed by atoms with Gasteiger partial charge in [0.2, 0.25) is 5.78 Å². The molecule has 0 aromatic rings. The van der Waals surface area contributed by atoms with Gasteiger partial charge in [0.15, 0.2) is 11.5 Å². The molecule has 0 fully saturated rings. The standard InChI is InChI=1S/C17H18O5/c1-17-7-11-10(13(19)6-14(22-2)16(11)21)5-12(17)9(8-18)3-4-15(17)20/h3,5-6,15,18,20H,4,7-8H2,1-2H3/t15-,17+/m0/s1. The number of ketones is 2. The van der Waals surface area contributed by atoms with Gasteiger partial charge >= 0.3 is 0 Å². The Kier molecular flexibility index (Phi) is 3.42. The zero-order valence-electron chi connectivity index (χ0n) is 12.5. The first-order chi connectivity index (χ1) is 10.4. The summed E-state index contributed by atoms with van der Waals surface area (Å²) in [6.07, 6.45) is 4.65. The maximum Gasteiger partial charge on any atom is 0.224 e. The van der Waals surface area contributed by atoms with E-state index in [0.29, 0.717) is 23.1 Å². The minimum absolute atomic E-state index is 0.0347. The second-order valence-corrected chi connectivity index (χ2v) is 6.09. The van der Waals surface area contributed by atoms with Crippen molar-refractivity contribution >= 4 is 11.6 Å². The normalized spacial score (nSPS) is 31.1. The molecule has 0 spiro atoms. The molecule has 0 saturated heterocycles. The van der Waals surface area contributed by atoms with Crippen molar-refractivity contribution in [3.63, 3.8) is 0 Å². The van der Waals surface area contributed by atoms with Crippen LogP contribution >= 0.6 is 0 Å². The lowest BCUT2D eigenvalue weighted by Crippen LogP contribution is -2.42. The summed E-state index contributed by atoms with van der Waals surface area (Å²) >= 11 is 0. The van der Waals surface area contributed by atoms with Crippen LogP contribution in [0.25, 0.3) is 0 Å². The monoisotopic (exact) mass is 302 g/mol. The fourth-order valence-electron chi connectivity index (χ4n) is 3.47. The Hall–Kier alpha value is -1.98. The van der Waals surface area contributed by atoms with Gasteiger partial charge in [-0.15, -0.1) is 0 Å². The lowest BCUT2D eigenvalue weighted by Gasteiger charge is -2.44. The number of aliphatic hydroxyl groups is 2. The summed E-state index contributed by atoms with van der Waals surface area (Å²) in [5, 5.41) is 19.9. The van der Waals surface area contributed by atoms with E-state index in [4.69, 9.17) is 4.74 Å². The first-order valence-corrected chi connectivity index (χ1v) is 7.20. The van der Waals surface area contributed by atoms with Crippen LogP contribution in [0.15, 0.2) is 46.3 Å². The first-order valence-electron chi connectivity index (χ1n) is 7.20. The van der Waals surface area contributed by atoms with Gasteiger partial charge in [0.25, 0.3) is 0 Å². The zero-order valence-corrected chi connectivity index (χ0v) is 12.5. The summed E-state index contributed by atoms with van der Waals surface area (Å²) in [6.45, 7) is 1.70. The smallest absolute Gasteiger partial charge is 0.224 e. The highest BCUT2D eigenvalue weighted by atomic mass is 16.5. The molecule has 0 aliphatic heterocycles. The highest BCUT2D eigenvalue weighted by molar-refractivity contribution is 6.23. The molecule has 3 aliphatic rings. The molecule has 2 N–H and O–H groups in total. The third-order valence-corrected chi connectivity index (χ3v) is 4.86. The number of Topliss-reactive ketones (excluding diaryl/α,β-unsaturated/α-hetero) is 1. The maximum absolute atomic E-state index is 12.4. The number of methoxy groups -OCH3 is 1. The molecule has 0 aromatic heterocycles. The molecule has 0 unspecified atom stereocenters. The molecule has 5 heteroatoms. The largest absolute Gasteiger partial charge is 0.493 e. The summed E-state index contributed by atoms with van der Waals surface area (Å²) in [7, 11) is 1.36. The van der Waals surface area contributed by atoms with Crippen molar-refractivity contribution in [2.75, 3.05) is 13.7 Å². The third kappa shape index (κ3) is 1.93. The van der Waals surface area contributed by atoms with Crippen LogP contribution in [0.3, 0.4) is 0 Å². The Morgan fingerprint density at radius 2 is 2.09 bits per heavy atom. The van der Waals surface area contributed by atoms with Gasteiger partial charge in [0.05, 0.1) is 19.8 Å². The second-order valence-electron chi connectivity index (χ2n) is 6.09. The molecule has 0 amide bonds. The van der Waals surface area contributed by atoms with Gasteiger partial charge in [-0.2, -0.15) is 0 Å². The summed E-state index contributed by atoms with van der Waals surface area (Å²) < 4.78 is 4.98. The molecule has 22 heavy (non-hydrogen) atoms. The summed E-state index contributed by atoms with van der Waals surface area (Å²) in [6, 6.07) is 0. The molecule has 3 aliphatic carbocycles. The van der Waals surface area contributed by atoms with Gasteiger partial charge in [-0.25, -0.2) is 0 Å². The predicted molar refractivity (Wildman–Crippen MR) is 78.7 cm³/mol. The van der Waals surface area contributed by atoms with E-state index < -0.39 is 11.5 Å². The Bertz CT molecular complexity index is 692. The van der Waals surface area contributed by atoms with E-state index in [-0.39, 0.29) is 30.4 Å². The molecule has 0 saturated carbocycles. The number of allylic oxidation sites excluding steroid dienone is 4. The number of rotatable bonds is 2. The number of hydrogen-bond donors (Lipinski definition) is 2. The van der Waals surface area contributed by atoms with Crippen LogP contribution in [-0.2, 0) is 14.3 Å². The highest BCUT2D eigenvalue weighted by Crippen LogP contribution is 2.50. The SMILES string of the molecule is COC1=CC(=O)C2=C(C[C@]3(C)C(=C2)C(CO)=CC[C@@H]3O)C1=O. The van der Waals surface area contributed by atoms with Crippen molar-refractivity contribution < 1.29 is 24.5 Å². The topological polar surface area (TPSA) is 83.8 Å². The zero-order chi connectivity index (χ0) is 16.1. The number of aliphatic hydroxyl groups excluding tert-OH is 2. The van der Waals surface area contributed by atoms with E-state index in [1.54, 1.807) is 12.2 Å². The molecular weight excluding hydrogens is 284 g/mol. The fraction of sp³-hybridized carbons (Fsp3) is 0.412. The van der Waals surface area contributed by atoms with E-state index in [9.17, 15) is 19.8 Å². The van der Waals surface area contributed by atoms with Crippen LogP contribution in [0.1, 0.15) is 19.8 Å². The summed E-state index contributed by atoms with van der Waals surface area (Å²) in [5.41, 5.74) is 1.49. The fourth-order valence-corrected chi connectivity index (χ4v) is 3.47. The van der Waals surface area contributed by atoms with Gasteiger partial charge in [-0.1, -0.05) is 13.0 Å². The first kappa shape index (κ1) is 14.9. The predicted octanol–water partition coefficient (Wildman–Crippen LogP) is 0.985. The van der Waals surface area contributed by atoms with Crippen LogP contribution in [0.2, 0.25) is 0 Å². The van der Waals surface area contributed by atoms with Crippen molar-refractivity contribution in [1.29, 1.82) is 0 Å². The lowest BCUT2D eigenvalue weighted by molar-refractivity contribution is -0.118. The highest BCUT2D eigenvalue weighted by Gasteiger charge is 2.46. The quantitative estimate of drug-likeness (QED) is 0.743. The number of fused-ring (bicyclic) bond motifs is 1. The van der Waals surface area contributed by atoms with Crippen LogP contribution < -0.4 is 0 Å². The van der Waals surface area contributed by atoms with E-state index >= 15 is 0 Å². The molecular formula is C17H18O5. The van der Waals surface area contributed by atoms with E-state index in [1.807, 2.05) is 6.92 Å². The molecule has 0 heterocycles. The van der Waals surface area contributed by atoms with Crippen molar-refractivity contribution in [1.82, 2.24) is 0 Å². The molecule has 3 rings (SSSR count). The van der Waals surface area contributed by atoms with Crippen molar-refractivity contribution in [2.24, 2.45) is 5.41 Å². The Morgan fingerprint density at radius 1 is 1.36 bits per heavy atom. The number of hydrogen-bond acceptors (Lipinski definition) is 5. The van der Waals surface area contributed by atoms with E-state index in [0.717, 1.165) is 5.57 Å². The van der Waals surface area contributed by atoms with Crippen molar-refractivity contribution in [3.05, 3.63) is 46.3 Å². The van der Waals surface area contributed by atoms with Crippen LogP contribution in [0.4, 0.5) is 0 Å². The van der Waals surface area contributed by atoms with Gasteiger partial charge < -0.3 is 14.9 Å². The Balaban J connectivity index is 2.15. The van der Waals surface area contributed by atoms with E-state index in [1.165, 1.54) is 13.2 Å². The Morgan fingerprint density at radius 3 is 2.73 bits per heavy atom. The summed E-state index contributed by atoms with van der Waals surface area (Å²) in [5.74, 6) is -0.549. The minimum Gasteiger partial charge on any atom is -0.493 e. The molecule has 5 nitrogen and oxygen atoms in total.